The highest BCUT2D eigenvalue weighted by molar-refractivity contribution is 5.98. The number of aromatic nitrogens is 1. The summed E-state index contributed by atoms with van der Waals surface area (Å²) in [5, 5.41) is 0. The molecular formula is C16H15NO. The summed E-state index contributed by atoms with van der Waals surface area (Å²) in [5.74, 6) is 0.313. The second kappa shape index (κ2) is 4.37. The van der Waals surface area contributed by atoms with Gasteiger partial charge in [-0.2, -0.15) is 0 Å². The van der Waals surface area contributed by atoms with E-state index < -0.39 is 0 Å². The molecule has 0 N–H and O–H groups in total. The van der Waals surface area contributed by atoms with E-state index in [-0.39, 0.29) is 11.7 Å². The molecule has 1 aromatic heterocycles. The normalized spacial score (nSPS) is 14.5. The Morgan fingerprint density at radius 3 is 2.44 bits per heavy atom. The molecule has 1 aliphatic carbocycles. The van der Waals surface area contributed by atoms with Crippen molar-refractivity contribution in [3.05, 3.63) is 65.0 Å². The lowest BCUT2D eigenvalue weighted by atomic mass is 9.95. The average molecular weight is 237 g/mol. The number of ketones is 1. The van der Waals surface area contributed by atoms with Crippen LogP contribution in [0.5, 0.6) is 0 Å². The van der Waals surface area contributed by atoms with Crippen molar-refractivity contribution in [1.82, 2.24) is 4.98 Å². The van der Waals surface area contributed by atoms with E-state index in [4.69, 9.17) is 0 Å². The Hall–Kier alpha value is -1.96. The van der Waals surface area contributed by atoms with Crippen LogP contribution in [-0.2, 0) is 12.8 Å². The molecule has 1 aliphatic rings. The van der Waals surface area contributed by atoms with E-state index in [1.165, 1.54) is 11.1 Å². The van der Waals surface area contributed by atoms with Gasteiger partial charge in [-0.3, -0.25) is 9.78 Å². The first kappa shape index (κ1) is 11.1. The number of nitrogens with zero attached hydrogens (tertiary/aromatic N) is 1. The van der Waals surface area contributed by atoms with E-state index in [0.717, 1.165) is 24.0 Å². The van der Waals surface area contributed by atoms with Gasteiger partial charge < -0.3 is 0 Å². The van der Waals surface area contributed by atoms with Crippen LogP contribution in [0.25, 0.3) is 0 Å². The zero-order chi connectivity index (χ0) is 12.5. The van der Waals surface area contributed by atoms with Gasteiger partial charge in [0, 0.05) is 23.9 Å². The summed E-state index contributed by atoms with van der Waals surface area (Å²) in [4.78, 5) is 16.5. The summed E-state index contributed by atoms with van der Waals surface area (Å²) in [6.45, 7) is 1.97. The molecule has 2 heteroatoms. The first-order valence-electron chi connectivity index (χ1n) is 6.26. The number of benzene rings is 1. The van der Waals surface area contributed by atoms with E-state index in [2.05, 4.69) is 17.1 Å². The molecule has 1 heterocycles. The van der Waals surface area contributed by atoms with Crippen LogP contribution in [0.1, 0.15) is 27.0 Å². The van der Waals surface area contributed by atoms with Crippen molar-refractivity contribution in [2.24, 2.45) is 5.92 Å². The van der Waals surface area contributed by atoms with Gasteiger partial charge >= 0.3 is 0 Å². The lowest BCUT2D eigenvalue weighted by Crippen LogP contribution is -2.15. The molecule has 2 aromatic rings. The molecule has 0 saturated heterocycles. The summed E-state index contributed by atoms with van der Waals surface area (Å²) < 4.78 is 0. The minimum atomic E-state index is 0.0889. The molecule has 0 aliphatic heterocycles. The standard InChI is InChI=1S/C16H15NO/c1-11-6-15(10-17-9-11)16(18)14-7-12-4-2-3-5-13(12)8-14/h2-6,9-10,14H,7-8H2,1H3. The van der Waals surface area contributed by atoms with E-state index in [0.29, 0.717) is 0 Å². The average Bonchev–Trinajstić information content (AvgIpc) is 2.81. The third-order valence-electron chi connectivity index (χ3n) is 3.58. The molecule has 90 valence electrons. The number of Topliss-reactive ketones (excluding diaryl/α,β-unsaturated/α-hetero) is 1. The van der Waals surface area contributed by atoms with Crippen LogP contribution in [0.15, 0.2) is 42.7 Å². The fourth-order valence-electron chi connectivity index (χ4n) is 2.67. The molecule has 0 saturated carbocycles. The maximum atomic E-state index is 12.4. The maximum absolute atomic E-state index is 12.4. The van der Waals surface area contributed by atoms with Gasteiger partial charge in [0.2, 0.25) is 0 Å². The summed E-state index contributed by atoms with van der Waals surface area (Å²) in [7, 11) is 0. The highest BCUT2D eigenvalue weighted by Gasteiger charge is 2.27. The Labute approximate surface area is 107 Å². The van der Waals surface area contributed by atoms with Crippen LogP contribution >= 0.6 is 0 Å². The van der Waals surface area contributed by atoms with Crippen molar-refractivity contribution in [2.45, 2.75) is 19.8 Å². The fraction of sp³-hybridized carbons (Fsp3) is 0.250. The lowest BCUT2D eigenvalue weighted by molar-refractivity contribution is 0.0924. The first-order valence-corrected chi connectivity index (χ1v) is 6.26. The van der Waals surface area contributed by atoms with Crippen LogP contribution in [0.3, 0.4) is 0 Å². The Balaban J connectivity index is 1.84. The monoisotopic (exact) mass is 237 g/mol. The third-order valence-corrected chi connectivity index (χ3v) is 3.58. The predicted molar refractivity (Wildman–Crippen MR) is 70.6 cm³/mol. The lowest BCUT2D eigenvalue weighted by Gasteiger charge is -2.07. The Kier molecular flexibility index (Phi) is 2.71. The van der Waals surface area contributed by atoms with Gasteiger partial charge in [0.25, 0.3) is 0 Å². The molecule has 0 bridgehead atoms. The third kappa shape index (κ3) is 1.94. The Morgan fingerprint density at radius 1 is 1.17 bits per heavy atom. The van der Waals surface area contributed by atoms with Crippen LogP contribution in [-0.4, -0.2) is 10.8 Å². The minimum absolute atomic E-state index is 0.0889. The highest BCUT2D eigenvalue weighted by Crippen LogP contribution is 2.28. The van der Waals surface area contributed by atoms with E-state index >= 15 is 0 Å². The van der Waals surface area contributed by atoms with Gasteiger partial charge in [0.15, 0.2) is 5.78 Å². The number of carbonyl (C=O) groups is 1. The van der Waals surface area contributed by atoms with Gasteiger partial charge in [-0.15, -0.1) is 0 Å². The second-order valence-corrected chi connectivity index (χ2v) is 4.99. The SMILES string of the molecule is Cc1cncc(C(=O)C2Cc3ccccc3C2)c1. The van der Waals surface area contributed by atoms with Gasteiger partial charge in [-0.25, -0.2) is 0 Å². The molecule has 0 radical (unpaired) electrons. The molecule has 0 unspecified atom stereocenters. The Bertz CT molecular complexity index is 579. The van der Waals surface area contributed by atoms with Crippen molar-refractivity contribution in [2.75, 3.05) is 0 Å². The smallest absolute Gasteiger partial charge is 0.168 e. The number of rotatable bonds is 2. The molecule has 0 atom stereocenters. The van der Waals surface area contributed by atoms with Gasteiger partial charge in [0.1, 0.15) is 0 Å². The minimum Gasteiger partial charge on any atom is -0.294 e. The first-order chi connectivity index (χ1) is 8.74. The van der Waals surface area contributed by atoms with Gasteiger partial charge in [0.05, 0.1) is 0 Å². The van der Waals surface area contributed by atoms with Crippen LogP contribution in [0.4, 0.5) is 0 Å². The zero-order valence-corrected chi connectivity index (χ0v) is 10.4. The fourth-order valence-corrected chi connectivity index (χ4v) is 2.67. The number of hydrogen-bond acceptors (Lipinski definition) is 2. The van der Waals surface area contributed by atoms with Crippen molar-refractivity contribution in [3.63, 3.8) is 0 Å². The predicted octanol–water partition coefficient (Wildman–Crippen LogP) is 2.99. The Morgan fingerprint density at radius 2 is 1.83 bits per heavy atom. The van der Waals surface area contributed by atoms with E-state index in [1.54, 1.807) is 12.4 Å². The number of carbonyl (C=O) groups excluding carboxylic acids is 1. The van der Waals surface area contributed by atoms with Crippen molar-refractivity contribution >= 4 is 5.78 Å². The van der Waals surface area contributed by atoms with Gasteiger partial charge in [-0.1, -0.05) is 24.3 Å². The van der Waals surface area contributed by atoms with Crippen molar-refractivity contribution in [3.8, 4) is 0 Å². The molecule has 3 rings (SSSR count). The van der Waals surface area contributed by atoms with Gasteiger partial charge in [-0.05, 0) is 42.5 Å². The summed E-state index contributed by atoms with van der Waals surface area (Å²) in [6, 6.07) is 10.3. The summed E-state index contributed by atoms with van der Waals surface area (Å²) in [6.07, 6.45) is 5.18. The number of pyridine rings is 1. The molecule has 0 amide bonds. The van der Waals surface area contributed by atoms with E-state index in [1.807, 2.05) is 25.1 Å². The largest absolute Gasteiger partial charge is 0.294 e. The maximum Gasteiger partial charge on any atom is 0.168 e. The number of hydrogen-bond donors (Lipinski definition) is 0. The second-order valence-electron chi connectivity index (χ2n) is 4.99. The van der Waals surface area contributed by atoms with E-state index in [9.17, 15) is 4.79 Å². The number of aryl methyl sites for hydroxylation is 1. The molecule has 1 aromatic carbocycles. The summed E-state index contributed by atoms with van der Waals surface area (Å²) in [5.41, 5.74) is 4.41. The topological polar surface area (TPSA) is 30.0 Å². The van der Waals surface area contributed by atoms with Crippen LogP contribution < -0.4 is 0 Å². The van der Waals surface area contributed by atoms with Crippen LogP contribution in [0, 0.1) is 12.8 Å². The molecule has 18 heavy (non-hydrogen) atoms. The van der Waals surface area contributed by atoms with Crippen LogP contribution in [0.2, 0.25) is 0 Å². The molecule has 0 spiro atoms. The summed E-state index contributed by atoms with van der Waals surface area (Å²) >= 11 is 0. The molecule has 2 nitrogen and oxygen atoms in total. The number of fused-ring (bicyclic) bond motifs is 1. The quantitative estimate of drug-likeness (QED) is 0.751. The van der Waals surface area contributed by atoms with Crippen molar-refractivity contribution in [1.29, 1.82) is 0 Å². The highest BCUT2D eigenvalue weighted by atomic mass is 16.1. The zero-order valence-electron chi connectivity index (χ0n) is 10.4. The van der Waals surface area contributed by atoms with Crippen molar-refractivity contribution < 1.29 is 4.79 Å². The molecular weight excluding hydrogens is 222 g/mol. The molecule has 0 fully saturated rings.